The highest BCUT2D eigenvalue weighted by Crippen LogP contribution is 2.26. The van der Waals surface area contributed by atoms with Gasteiger partial charge in [-0.25, -0.2) is 0 Å². The molecule has 0 fully saturated rings. The maximum absolute atomic E-state index is 3.86. The fraction of sp³-hybridized carbons (Fsp3) is 0.125. The molecule has 0 unspecified atom stereocenters. The lowest BCUT2D eigenvalue weighted by molar-refractivity contribution is 1.48. The molecule has 0 nitrogen and oxygen atoms in total. The van der Waals surface area contributed by atoms with Crippen LogP contribution in [0.5, 0.6) is 0 Å². The SMILES string of the molecule is C.C=Cc1cc2ccccc2c(C)c1C=C. The first kappa shape index (κ1) is 12.3. The zero-order valence-electron chi connectivity index (χ0n) is 8.96. The lowest BCUT2D eigenvalue weighted by Gasteiger charge is -2.09. The first-order valence-electron chi connectivity index (χ1n) is 5.05. The van der Waals surface area contributed by atoms with Gasteiger partial charge in [-0.1, -0.05) is 57.0 Å². The Morgan fingerprint density at radius 3 is 2.38 bits per heavy atom. The van der Waals surface area contributed by atoms with Crippen LogP contribution in [0.4, 0.5) is 0 Å². The topological polar surface area (TPSA) is 0 Å². The van der Waals surface area contributed by atoms with E-state index in [2.05, 4.69) is 50.4 Å². The predicted octanol–water partition coefficient (Wildman–Crippen LogP) is 5.07. The Balaban J connectivity index is 0.00000128. The minimum Gasteiger partial charge on any atom is -0.0984 e. The molecule has 0 heteroatoms. The monoisotopic (exact) mass is 210 g/mol. The van der Waals surface area contributed by atoms with Gasteiger partial charge in [0.2, 0.25) is 0 Å². The number of fused-ring (bicyclic) bond motifs is 1. The van der Waals surface area contributed by atoms with E-state index in [1.165, 1.54) is 21.9 Å². The molecule has 0 aliphatic heterocycles. The van der Waals surface area contributed by atoms with Crippen LogP contribution in [-0.4, -0.2) is 0 Å². The molecule has 2 aromatic rings. The highest BCUT2D eigenvalue weighted by atomic mass is 14.1. The zero-order valence-corrected chi connectivity index (χ0v) is 8.96. The van der Waals surface area contributed by atoms with Gasteiger partial charge in [-0.2, -0.15) is 0 Å². The second-order valence-electron chi connectivity index (χ2n) is 3.63. The van der Waals surface area contributed by atoms with Crippen LogP contribution >= 0.6 is 0 Å². The standard InChI is InChI=1S/C15H14.CH4/c1-4-12-10-13-8-6-7-9-15(13)11(3)14(12)5-2;/h4-10H,1-2H2,3H3;1H4. The summed E-state index contributed by atoms with van der Waals surface area (Å²) in [5.74, 6) is 0. The van der Waals surface area contributed by atoms with Crippen LogP contribution in [0.1, 0.15) is 24.1 Å². The van der Waals surface area contributed by atoms with Crippen molar-refractivity contribution in [3.05, 3.63) is 60.2 Å². The van der Waals surface area contributed by atoms with Crippen molar-refractivity contribution < 1.29 is 0 Å². The highest BCUT2D eigenvalue weighted by molar-refractivity contribution is 5.91. The van der Waals surface area contributed by atoms with Gasteiger partial charge in [0.05, 0.1) is 0 Å². The molecule has 2 rings (SSSR count). The van der Waals surface area contributed by atoms with E-state index in [4.69, 9.17) is 0 Å². The van der Waals surface area contributed by atoms with E-state index in [0.717, 1.165) is 5.56 Å². The third kappa shape index (κ3) is 1.79. The van der Waals surface area contributed by atoms with E-state index in [1.54, 1.807) is 0 Å². The average Bonchev–Trinajstić information content (AvgIpc) is 2.29. The molecule has 0 bridgehead atoms. The molecule has 0 amide bonds. The van der Waals surface area contributed by atoms with Crippen LogP contribution in [0.2, 0.25) is 0 Å². The Kier molecular flexibility index (Phi) is 3.68. The van der Waals surface area contributed by atoms with Crippen LogP contribution in [0.25, 0.3) is 22.9 Å². The summed E-state index contributed by atoms with van der Waals surface area (Å²) in [4.78, 5) is 0. The molecular formula is C16H18. The van der Waals surface area contributed by atoms with E-state index >= 15 is 0 Å². The molecule has 0 atom stereocenters. The minimum atomic E-state index is 0. The van der Waals surface area contributed by atoms with Gasteiger partial charge in [-0.05, 0) is 40.5 Å². The van der Waals surface area contributed by atoms with Crippen molar-refractivity contribution in [3.63, 3.8) is 0 Å². The summed E-state index contributed by atoms with van der Waals surface area (Å²) < 4.78 is 0. The van der Waals surface area contributed by atoms with E-state index in [9.17, 15) is 0 Å². The molecule has 2 aromatic carbocycles. The first-order valence-corrected chi connectivity index (χ1v) is 5.05. The molecule has 82 valence electrons. The van der Waals surface area contributed by atoms with Gasteiger partial charge >= 0.3 is 0 Å². The highest BCUT2D eigenvalue weighted by Gasteiger charge is 2.04. The van der Waals surface area contributed by atoms with Gasteiger partial charge in [0.25, 0.3) is 0 Å². The number of rotatable bonds is 2. The van der Waals surface area contributed by atoms with Crippen molar-refractivity contribution in [3.8, 4) is 0 Å². The quantitative estimate of drug-likeness (QED) is 0.649. The molecule has 0 N–H and O–H groups in total. The summed E-state index contributed by atoms with van der Waals surface area (Å²) >= 11 is 0. The first-order chi connectivity index (χ1) is 7.27. The Morgan fingerprint density at radius 2 is 1.75 bits per heavy atom. The molecule has 0 radical (unpaired) electrons. The van der Waals surface area contributed by atoms with Crippen LogP contribution in [0.15, 0.2) is 43.5 Å². The lowest BCUT2D eigenvalue weighted by atomic mass is 9.95. The van der Waals surface area contributed by atoms with Gasteiger partial charge in [0.15, 0.2) is 0 Å². The summed E-state index contributed by atoms with van der Waals surface area (Å²) in [7, 11) is 0. The van der Waals surface area contributed by atoms with E-state index in [0.29, 0.717) is 0 Å². The summed E-state index contributed by atoms with van der Waals surface area (Å²) in [6.07, 6.45) is 3.79. The van der Waals surface area contributed by atoms with Crippen molar-refractivity contribution in [1.82, 2.24) is 0 Å². The Morgan fingerprint density at radius 1 is 1.06 bits per heavy atom. The minimum absolute atomic E-state index is 0. The van der Waals surface area contributed by atoms with Crippen LogP contribution in [0, 0.1) is 6.92 Å². The van der Waals surface area contributed by atoms with E-state index in [1.807, 2.05) is 12.2 Å². The summed E-state index contributed by atoms with van der Waals surface area (Å²) in [5, 5.41) is 2.55. The number of aryl methyl sites for hydroxylation is 1. The zero-order chi connectivity index (χ0) is 10.8. The fourth-order valence-electron chi connectivity index (χ4n) is 2.01. The van der Waals surface area contributed by atoms with E-state index in [-0.39, 0.29) is 7.43 Å². The van der Waals surface area contributed by atoms with Gasteiger partial charge in [-0.15, -0.1) is 0 Å². The Bertz CT molecular complexity index is 533. The maximum atomic E-state index is 3.86. The van der Waals surface area contributed by atoms with Crippen molar-refractivity contribution in [2.75, 3.05) is 0 Å². The lowest BCUT2D eigenvalue weighted by Crippen LogP contribution is -1.88. The van der Waals surface area contributed by atoms with Gasteiger partial charge in [0, 0.05) is 0 Å². The third-order valence-corrected chi connectivity index (χ3v) is 2.81. The summed E-state index contributed by atoms with van der Waals surface area (Å²) in [6, 6.07) is 10.6. The Labute approximate surface area is 97.9 Å². The molecule has 0 heterocycles. The largest absolute Gasteiger partial charge is 0.0984 e. The van der Waals surface area contributed by atoms with Crippen molar-refractivity contribution in [1.29, 1.82) is 0 Å². The van der Waals surface area contributed by atoms with Crippen LogP contribution in [-0.2, 0) is 0 Å². The smallest absolute Gasteiger partial charge is 0.0148 e. The summed E-state index contributed by atoms with van der Waals surface area (Å²) in [5.41, 5.74) is 3.61. The molecule has 16 heavy (non-hydrogen) atoms. The summed E-state index contributed by atoms with van der Waals surface area (Å²) in [6.45, 7) is 9.83. The molecule has 0 spiro atoms. The van der Waals surface area contributed by atoms with Gasteiger partial charge in [-0.3, -0.25) is 0 Å². The molecule has 0 aliphatic rings. The third-order valence-electron chi connectivity index (χ3n) is 2.81. The molecular weight excluding hydrogens is 192 g/mol. The normalized spacial score (nSPS) is 9.56. The fourth-order valence-corrected chi connectivity index (χ4v) is 2.01. The second kappa shape index (κ2) is 4.80. The Hall–Kier alpha value is -1.82. The van der Waals surface area contributed by atoms with Gasteiger partial charge in [0.1, 0.15) is 0 Å². The van der Waals surface area contributed by atoms with Crippen molar-refractivity contribution in [2.24, 2.45) is 0 Å². The van der Waals surface area contributed by atoms with Gasteiger partial charge < -0.3 is 0 Å². The number of hydrogen-bond acceptors (Lipinski definition) is 0. The average molecular weight is 210 g/mol. The van der Waals surface area contributed by atoms with Crippen LogP contribution < -0.4 is 0 Å². The van der Waals surface area contributed by atoms with Crippen LogP contribution in [0.3, 0.4) is 0 Å². The molecule has 0 saturated heterocycles. The van der Waals surface area contributed by atoms with Crippen molar-refractivity contribution >= 4 is 22.9 Å². The number of benzene rings is 2. The maximum Gasteiger partial charge on any atom is -0.0148 e. The second-order valence-corrected chi connectivity index (χ2v) is 3.63. The molecule has 0 aliphatic carbocycles. The van der Waals surface area contributed by atoms with Crippen molar-refractivity contribution in [2.45, 2.75) is 14.4 Å². The number of hydrogen-bond donors (Lipinski definition) is 0. The van der Waals surface area contributed by atoms with E-state index < -0.39 is 0 Å². The predicted molar refractivity (Wildman–Crippen MR) is 75.6 cm³/mol. The molecule has 0 saturated carbocycles. The molecule has 0 aromatic heterocycles.